The van der Waals surface area contributed by atoms with Crippen molar-refractivity contribution in [2.75, 3.05) is 25.9 Å². The molecule has 0 radical (unpaired) electrons. The predicted molar refractivity (Wildman–Crippen MR) is 154 cm³/mol. The maximum absolute atomic E-state index is 13.4. The number of hydrogen-bond acceptors (Lipinski definition) is 7. The molecule has 222 valence electrons. The lowest BCUT2D eigenvalue weighted by molar-refractivity contribution is -0.133. The number of nitrogens with zero attached hydrogens (tertiary/aromatic N) is 2. The van der Waals surface area contributed by atoms with E-state index in [1.165, 1.54) is 22.6 Å². The molecule has 11 heteroatoms. The van der Waals surface area contributed by atoms with E-state index < -0.39 is 21.4 Å². The second-order valence-electron chi connectivity index (χ2n) is 11.7. The summed E-state index contributed by atoms with van der Waals surface area (Å²) in [6, 6.07) is 5.73. The van der Waals surface area contributed by atoms with Crippen LogP contribution in [-0.4, -0.2) is 79.8 Å². The summed E-state index contributed by atoms with van der Waals surface area (Å²) in [5.74, 6) is -0.234. The van der Waals surface area contributed by atoms with Crippen molar-refractivity contribution in [3.05, 3.63) is 53.6 Å². The van der Waals surface area contributed by atoms with Crippen LogP contribution in [0.1, 0.15) is 63.4 Å². The van der Waals surface area contributed by atoms with Crippen LogP contribution >= 0.6 is 0 Å². The van der Waals surface area contributed by atoms with Crippen molar-refractivity contribution in [3.63, 3.8) is 0 Å². The van der Waals surface area contributed by atoms with Gasteiger partial charge in [-0.2, -0.15) is 0 Å². The Morgan fingerprint density at radius 2 is 1.85 bits per heavy atom. The third kappa shape index (κ3) is 7.01. The Morgan fingerprint density at radius 1 is 1.15 bits per heavy atom. The van der Waals surface area contributed by atoms with Gasteiger partial charge in [0.1, 0.15) is 11.6 Å². The van der Waals surface area contributed by atoms with Gasteiger partial charge in [0.15, 0.2) is 9.84 Å². The standard InChI is InChI=1S/C30H40N4O6S/c1-41(38,39)25-13-11-22(12-14-25)21-34-27(35)30(32-28(34)36)16-19-33(20-17-30)18-15-26(23-7-3-2-4-8-23)31-29(37)40-24-9-5-6-10-24/h2-3,7,11-14,24,26H,4-6,8-10,15-21H2,1H3,(H,31,37)(H,32,36)/t26-/m0/s1. The highest BCUT2D eigenvalue weighted by Gasteiger charge is 2.52. The van der Waals surface area contributed by atoms with Crippen LogP contribution in [0, 0.1) is 0 Å². The lowest BCUT2D eigenvalue weighted by Gasteiger charge is -2.38. The van der Waals surface area contributed by atoms with E-state index in [-0.39, 0.29) is 35.6 Å². The van der Waals surface area contributed by atoms with Gasteiger partial charge in [0.25, 0.3) is 5.91 Å². The SMILES string of the molecule is CS(=O)(=O)c1ccc(CN2C(=O)NC3(CCN(CC[C@H](NC(=O)OC4CCCC4)C4=CC=CCC4)CC3)C2=O)cc1. The summed E-state index contributed by atoms with van der Waals surface area (Å²) < 4.78 is 29.1. The van der Waals surface area contributed by atoms with Crippen molar-refractivity contribution >= 4 is 27.9 Å². The van der Waals surface area contributed by atoms with Crippen molar-refractivity contribution < 1.29 is 27.5 Å². The molecule has 1 spiro atoms. The third-order valence-electron chi connectivity index (χ3n) is 8.74. The maximum atomic E-state index is 13.4. The van der Waals surface area contributed by atoms with Gasteiger partial charge >= 0.3 is 12.1 Å². The summed E-state index contributed by atoms with van der Waals surface area (Å²) in [5.41, 5.74) is 0.967. The van der Waals surface area contributed by atoms with Gasteiger partial charge < -0.3 is 20.3 Å². The first-order chi connectivity index (χ1) is 19.6. The van der Waals surface area contributed by atoms with E-state index >= 15 is 0 Å². The molecule has 1 aromatic carbocycles. The second kappa shape index (κ2) is 12.4. The van der Waals surface area contributed by atoms with Gasteiger partial charge in [0, 0.05) is 25.9 Å². The number of alkyl carbamates (subject to hydrolysis) is 1. The lowest BCUT2D eigenvalue weighted by Crippen LogP contribution is -2.55. The van der Waals surface area contributed by atoms with Crippen LogP contribution in [0.25, 0.3) is 0 Å². The number of benzene rings is 1. The van der Waals surface area contributed by atoms with Crippen LogP contribution in [-0.2, 0) is 25.9 Å². The minimum atomic E-state index is -3.32. The number of imide groups is 1. The minimum absolute atomic E-state index is 0.0136. The highest BCUT2D eigenvalue weighted by Crippen LogP contribution is 2.31. The Bertz CT molecular complexity index is 1310. The van der Waals surface area contributed by atoms with Gasteiger partial charge in [-0.05, 0) is 81.1 Å². The molecule has 41 heavy (non-hydrogen) atoms. The fraction of sp³-hybridized carbons (Fsp3) is 0.567. The van der Waals surface area contributed by atoms with E-state index in [2.05, 4.69) is 27.7 Å². The monoisotopic (exact) mass is 584 g/mol. The zero-order valence-corrected chi connectivity index (χ0v) is 24.5. The summed E-state index contributed by atoms with van der Waals surface area (Å²) in [5, 5.41) is 6.06. The number of carbonyl (C=O) groups is 3. The first-order valence-electron chi connectivity index (χ1n) is 14.6. The van der Waals surface area contributed by atoms with E-state index in [9.17, 15) is 22.8 Å². The van der Waals surface area contributed by atoms with E-state index in [4.69, 9.17) is 4.74 Å². The fourth-order valence-electron chi connectivity index (χ4n) is 6.25. The van der Waals surface area contributed by atoms with Crippen molar-refractivity contribution in [1.29, 1.82) is 0 Å². The van der Waals surface area contributed by atoms with Gasteiger partial charge in [-0.1, -0.05) is 30.4 Å². The molecule has 2 saturated heterocycles. The number of hydrogen-bond donors (Lipinski definition) is 2. The molecule has 0 aromatic heterocycles. The second-order valence-corrected chi connectivity index (χ2v) is 13.7. The van der Waals surface area contributed by atoms with Crippen molar-refractivity contribution in [2.24, 2.45) is 0 Å². The average Bonchev–Trinajstić information content (AvgIpc) is 3.54. The number of nitrogens with one attached hydrogen (secondary N) is 2. The quantitative estimate of drug-likeness (QED) is 0.424. The molecule has 0 unspecified atom stereocenters. The number of urea groups is 1. The molecular weight excluding hydrogens is 544 g/mol. The Balaban J connectivity index is 1.15. The molecule has 3 fully saturated rings. The van der Waals surface area contributed by atoms with E-state index in [0.29, 0.717) is 31.5 Å². The molecule has 0 bridgehead atoms. The molecule has 2 aliphatic carbocycles. The smallest absolute Gasteiger partial charge is 0.407 e. The Morgan fingerprint density at radius 3 is 2.49 bits per heavy atom. The average molecular weight is 585 g/mol. The highest BCUT2D eigenvalue weighted by atomic mass is 32.2. The zero-order valence-electron chi connectivity index (χ0n) is 23.6. The van der Waals surface area contributed by atoms with Crippen LogP contribution in [0.2, 0.25) is 0 Å². The molecular formula is C30H40N4O6S. The summed E-state index contributed by atoms with van der Waals surface area (Å²) in [6.07, 6.45) is 14.7. The van der Waals surface area contributed by atoms with Crippen LogP contribution in [0.15, 0.2) is 53.0 Å². The molecule has 4 aliphatic rings. The normalized spacial score (nSPS) is 22.1. The van der Waals surface area contributed by atoms with Gasteiger partial charge in [-0.15, -0.1) is 0 Å². The van der Waals surface area contributed by atoms with Crippen LogP contribution in [0.4, 0.5) is 9.59 Å². The number of rotatable bonds is 9. The van der Waals surface area contributed by atoms with Gasteiger partial charge in [-0.25, -0.2) is 18.0 Å². The number of likely N-dealkylation sites (tertiary alicyclic amines) is 1. The van der Waals surface area contributed by atoms with Gasteiger partial charge in [0.05, 0.1) is 17.5 Å². The molecule has 4 amide bonds. The first kappa shape index (κ1) is 29.3. The van der Waals surface area contributed by atoms with Crippen LogP contribution in [0.3, 0.4) is 0 Å². The van der Waals surface area contributed by atoms with Crippen molar-refractivity contribution in [3.8, 4) is 0 Å². The Labute approximate surface area is 242 Å². The number of piperidine rings is 1. The summed E-state index contributed by atoms with van der Waals surface area (Å²) in [6.45, 7) is 2.15. The Hall–Kier alpha value is -3.18. The van der Waals surface area contributed by atoms with Gasteiger partial charge in [0.2, 0.25) is 0 Å². The molecule has 1 aromatic rings. The predicted octanol–water partition coefficient (Wildman–Crippen LogP) is 3.68. The number of allylic oxidation sites excluding steroid dienone is 3. The molecule has 2 N–H and O–H groups in total. The largest absolute Gasteiger partial charge is 0.446 e. The molecule has 2 heterocycles. The van der Waals surface area contributed by atoms with E-state index in [1.807, 2.05) is 6.08 Å². The number of sulfone groups is 1. The fourth-order valence-corrected chi connectivity index (χ4v) is 6.88. The molecule has 10 nitrogen and oxygen atoms in total. The van der Waals surface area contributed by atoms with Crippen molar-refractivity contribution in [2.45, 2.75) is 86.9 Å². The molecule has 5 rings (SSSR count). The summed E-state index contributed by atoms with van der Waals surface area (Å²) in [4.78, 5) is 42.6. The zero-order chi connectivity index (χ0) is 29.0. The number of ether oxygens (including phenoxy) is 1. The van der Waals surface area contributed by atoms with Crippen LogP contribution < -0.4 is 10.6 Å². The van der Waals surface area contributed by atoms with Gasteiger partial charge in [-0.3, -0.25) is 9.69 Å². The number of carbonyl (C=O) groups excluding carboxylic acids is 3. The summed E-state index contributed by atoms with van der Waals surface area (Å²) in [7, 11) is -3.32. The van der Waals surface area contributed by atoms with Crippen LogP contribution in [0.5, 0.6) is 0 Å². The number of amides is 4. The van der Waals surface area contributed by atoms with Crippen molar-refractivity contribution in [1.82, 2.24) is 20.4 Å². The third-order valence-corrected chi connectivity index (χ3v) is 9.87. The van der Waals surface area contributed by atoms with E-state index in [0.717, 1.165) is 57.7 Å². The molecule has 2 aliphatic heterocycles. The maximum Gasteiger partial charge on any atom is 0.407 e. The Kier molecular flexibility index (Phi) is 8.84. The summed E-state index contributed by atoms with van der Waals surface area (Å²) >= 11 is 0. The first-order valence-corrected chi connectivity index (χ1v) is 16.5. The van der Waals surface area contributed by atoms with E-state index in [1.54, 1.807) is 12.1 Å². The minimum Gasteiger partial charge on any atom is -0.446 e. The molecule has 1 atom stereocenters. The lowest BCUT2D eigenvalue weighted by atomic mass is 9.87. The topological polar surface area (TPSA) is 125 Å². The highest BCUT2D eigenvalue weighted by molar-refractivity contribution is 7.90. The molecule has 1 saturated carbocycles.